The van der Waals surface area contributed by atoms with E-state index in [2.05, 4.69) is 0 Å². The number of esters is 1. The van der Waals surface area contributed by atoms with Crippen LogP contribution in [0, 0.1) is 35.5 Å². The van der Waals surface area contributed by atoms with Crippen LogP contribution in [0.1, 0.15) is 126 Å². The number of methoxy groups -OCH3 is 3. The molecule has 4 fully saturated rings. The Morgan fingerprint density at radius 3 is 2.24 bits per heavy atom. The predicted molar refractivity (Wildman–Crippen MR) is 245 cm³/mol. The number of Topliss-reactive ketones (excluding diaryl/α,β-unsaturated/α-hetero) is 3. The van der Waals surface area contributed by atoms with Crippen LogP contribution < -0.4 is 0 Å². The van der Waals surface area contributed by atoms with E-state index in [4.69, 9.17) is 28.4 Å². The molecule has 4 heterocycles. The van der Waals surface area contributed by atoms with Gasteiger partial charge in [0.25, 0.3) is 11.7 Å². The second-order valence-electron chi connectivity index (χ2n) is 20.3. The van der Waals surface area contributed by atoms with Gasteiger partial charge in [0, 0.05) is 58.5 Å². The summed E-state index contributed by atoms with van der Waals surface area (Å²) in [5, 5.41) is 33.9. The van der Waals surface area contributed by atoms with E-state index in [1.54, 1.807) is 41.1 Å². The monoisotopic (exact) mass is 930 g/mol. The Morgan fingerprint density at radius 1 is 0.833 bits per heavy atom. The first-order chi connectivity index (χ1) is 31.2. The Bertz CT molecular complexity index is 1800. The number of amides is 1. The number of epoxide rings is 1. The molecule has 0 radical (unpaired) electrons. The third-order valence-corrected chi connectivity index (χ3v) is 15.1. The summed E-state index contributed by atoms with van der Waals surface area (Å²) in [6, 6.07) is -1.14. The Hall–Kier alpha value is -3.15. The molecular weight excluding hydrogens is 851 g/mol. The number of rotatable bonds is 6. The number of hydrogen-bond donors (Lipinski definition) is 3. The molecule has 16 unspecified atom stereocenters. The van der Waals surface area contributed by atoms with Gasteiger partial charge in [-0.3, -0.25) is 19.2 Å². The van der Waals surface area contributed by atoms with E-state index in [9.17, 15) is 39.3 Å². The highest BCUT2D eigenvalue weighted by Gasteiger charge is 2.53. The van der Waals surface area contributed by atoms with Gasteiger partial charge in [0.05, 0.1) is 24.4 Å². The maximum Gasteiger partial charge on any atom is 0.329 e. The van der Waals surface area contributed by atoms with Gasteiger partial charge in [-0.1, -0.05) is 58.9 Å². The molecule has 66 heavy (non-hydrogen) atoms. The summed E-state index contributed by atoms with van der Waals surface area (Å²) in [4.78, 5) is 72.0. The van der Waals surface area contributed by atoms with Gasteiger partial charge in [-0.05, 0) is 107 Å². The molecule has 0 aromatic rings. The van der Waals surface area contributed by atoms with Gasteiger partial charge >= 0.3 is 5.97 Å². The molecule has 4 aliphatic heterocycles. The SMILES string of the molecule is COC1CC2CCC(C)[C@@](O)(O2)C(=O)C(=O)N2CCCCC2C(=O)OC(C(C)CC2CCC(O)C(OC)C2)CC(=O)C(C)/C=C(/C)C(O)C(OC)C(=O)C(C)CC(C)/C=C\C2OC2/C=C\1C. The molecular formula is C51H79NO14. The maximum atomic E-state index is 14.4. The number of fused-ring (bicyclic) bond motifs is 4. The van der Waals surface area contributed by atoms with Gasteiger partial charge in [0.1, 0.15) is 42.3 Å². The van der Waals surface area contributed by atoms with Crippen molar-refractivity contribution < 1.29 is 67.7 Å². The van der Waals surface area contributed by atoms with Crippen molar-refractivity contribution in [2.75, 3.05) is 27.9 Å². The van der Waals surface area contributed by atoms with Crippen molar-refractivity contribution in [1.29, 1.82) is 0 Å². The summed E-state index contributed by atoms with van der Waals surface area (Å²) in [5.41, 5.74) is 1.26. The standard InChI is InChI=1S/C51H79NO14/c1-28-14-19-40-44(64-40)24-31(4)41(61-8)26-36-17-15-34(7)51(60,66-36)48(57)49(58)52-20-12-11-13-37(52)50(59)65-42(30(3)23-35-16-18-38(53)43(25-35)62-9)27-39(54)29(2)22-33(6)46(56)47(63-10)45(55)32(5)21-28/h14,19,22,24,28-30,32,34-38,40-44,46-47,53,56,60H,11-13,15-18,20-21,23,25-27H2,1-10H3/b19-14-,31-24-,33-22-/t28?,29?,30?,32?,34?,35?,36?,37?,38?,40?,41?,42?,43?,44?,46?,47?,51-/m1/s1. The highest BCUT2D eigenvalue weighted by molar-refractivity contribution is 6.39. The van der Waals surface area contributed by atoms with Gasteiger partial charge < -0.3 is 48.6 Å². The molecule has 3 N–H and O–H groups in total. The third-order valence-electron chi connectivity index (χ3n) is 15.1. The minimum absolute atomic E-state index is 0.000977. The Kier molecular flexibility index (Phi) is 19.5. The smallest absolute Gasteiger partial charge is 0.329 e. The van der Waals surface area contributed by atoms with Gasteiger partial charge in [-0.2, -0.15) is 0 Å². The molecule has 372 valence electrons. The fourth-order valence-electron chi connectivity index (χ4n) is 10.6. The van der Waals surface area contributed by atoms with E-state index in [0.29, 0.717) is 63.4 Å². The van der Waals surface area contributed by atoms with E-state index >= 15 is 0 Å². The molecule has 15 heteroatoms. The molecule has 0 aromatic heterocycles. The molecule has 5 rings (SSSR count). The number of piperidine rings is 1. The molecule has 5 aliphatic rings. The Balaban J connectivity index is 1.46. The summed E-state index contributed by atoms with van der Waals surface area (Å²) in [5.74, 6) is -8.03. The number of cyclic esters (lactones) is 1. The van der Waals surface area contributed by atoms with Crippen LogP contribution in [0.25, 0.3) is 0 Å². The van der Waals surface area contributed by atoms with Crippen LogP contribution in [0.2, 0.25) is 0 Å². The molecule has 3 saturated heterocycles. The van der Waals surface area contributed by atoms with E-state index in [1.165, 1.54) is 12.0 Å². The largest absolute Gasteiger partial charge is 0.460 e. The highest BCUT2D eigenvalue weighted by atomic mass is 16.6. The first-order valence-corrected chi connectivity index (χ1v) is 24.4. The lowest BCUT2D eigenvalue weighted by atomic mass is 9.78. The molecule has 15 nitrogen and oxygen atoms in total. The van der Waals surface area contributed by atoms with Gasteiger partial charge in [-0.15, -0.1) is 0 Å². The third kappa shape index (κ3) is 13.3. The van der Waals surface area contributed by atoms with Crippen LogP contribution in [0.15, 0.2) is 35.5 Å². The van der Waals surface area contributed by atoms with E-state index in [1.807, 2.05) is 45.9 Å². The van der Waals surface area contributed by atoms with Crippen molar-refractivity contribution in [2.24, 2.45) is 35.5 Å². The molecule has 1 saturated carbocycles. The van der Waals surface area contributed by atoms with Crippen molar-refractivity contribution in [3.63, 3.8) is 0 Å². The van der Waals surface area contributed by atoms with Crippen molar-refractivity contribution in [3.05, 3.63) is 35.5 Å². The second-order valence-corrected chi connectivity index (χ2v) is 20.3. The number of aliphatic hydroxyl groups is 3. The number of nitrogens with zero attached hydrogens (tertiary/aromatic N) is 1. The molecule has 0 aromatic carbocycles. The van der Waals surface area contributed by atoms with Crippen molar-refractivity contribution >= 4 is 29.2 Å². The van der Waals surface area contributed by atoms with Gasteiger partial charge in [0.15, 0.2) is 5.78 Å². The number of aliphatic hydroxyl groups excluding tert-OH is 2. The molecule has 2 bridgehead atoms. The van der Waals surface area contributed by atoms with Crippen molar-refractivity contribution in [1.82, 2.24) is 4.90 Å². The zero-order valence-electron chi connectivity index (χ0n) is 41.0. The van der Waals surface area contributed by atoms with Crippen LogP contribution >= 0.6 is 0 Å². The minimum Gasteiger partial charge on any atom is -0.460 e. The summed E-state index contributed by atoms with van der Waals surface area (Å²) < 4.78 is 35.4. The van der Waals surface area contributed by atoms with Crippen molar-refractivity contribution in [3.8, 4) is 0 Å². The molecule has 17 atom stereocenters. The zero-order chi connectivity index (χ0) is 48.6. The zero-order valence-corrected chi connectivity index (χ0v) is 41.0. The molecule has 0 spiro atoms. The average Bonchev–Trinajstić information content (AvgIpc) is 4.05. The number of allylic oxidation sites excluding steroid dienone is 2. The molecule has 1 amide bonds. The topological polar surface area (TPSA) is 208 Å². The summed E-state index contributed by atoms with van der Waals surface area (Å²) >= 11 is 0. The van der Waals surface area contributed by atoms with Crippen LogP contribution in [-0.4, -0.2) is 144 Å². The Morgan fingerprint density at radius 2 is 1.56 bits per heavy atom. The maximum absolute atomic E-state index is 14.4. The van der Waals surface area contributed by atoms with Crippen LogP contribution in [0.5, 0.6) is 0 Å². The second kappa shape index (κ2) is 23.9. The lowest BCUT2D eigenvalue weighted by molar-refractivity contribution is -0.265. The van der Waals surface area contributed by atoms with Crippen molar-refractivity contribution in [2.45, 2.75) is 192 Å². The molecule has 1 aliphatic carbocycles. The highest BCUT2D eigenvalue weighted by Crippen LogP contribution is 2.38. The number of hydrogen-bond acceptors (Lipinski definition) is 14. The summed E-state index contributed by atoms with van der Waals surface area (Å²) in [6.07, 6.45) is 7.14. The van der Waals surface area contributed by atoms with Crippen LogP contribution in [0.3, 0.4) is 0 Å². The Labute approximate surface area is 392 Å². The summed E-state index contributed by atoms with van der Waals surface area (Å²) in [6.45, 7) is 12.7. The quantitative estimate of drug-likeness (QED) is 0.132. The average molecular weight is 930 g/mol. The van der Waals surface area contributed by atoms with Crippen LogP contribution in [-0.2, 0) is 52.4 Å². The lowest BCUT2D eigenvalue weighted by Crippen LogP contribution is -2.61. The normalized spacial score (nSPS) is 42.5. The van der Waals surface area contributed by atoms with E-state index < -0.39 is 83.9 Å². The fraction of sp³-hybridized carbons (Fsp3) is 0.784. The first kappa shape index (κ1) is 53.8. The predicted octanol–water partition coefficient (Wildman–Crippen LogP) is 5.39. The van der Waals surface area contributed by atoms with Crippen LogP contribution in [0.4, 0.5) is 0 Å². The van der Waals surface area contributed by atoms with E-state index in [-0.39, 0.29) is 67.0 Å². The fourth-order valence-corrected chi connectivity index (χ4v) is 10.6. The van der Waals surface area contributed by atoms with Gasteiger partial charge in [-0.25, -0.2) is 4.79 Å². The first-order valence-electron chi connectivity index (χ1n) is 24.4. The summed E-state index contributed by atoms with van der Waals surface area (Å²) in [7, 11) is 4.52. The number of ether oxygens (including phenoxy) is 6. The number of carbonyl (C=O) groups is 5. The number of carbonyl (C=O) groups excluding carboxylic acids is 5. The number of ketones is 3. The van der Waals surface area contributed by atoms with E-state index in [0.717, 1.165) is 12.0 Å². The lowest BCUT2D eigenvalue weighted by Gasteiger charge is -2.42. The minimum atomic E-state index is -2.44. The van der Waals surface area contributed by atoms with Gasteiger partial charge in [0.2, 0.25) is 5.79 Å².